The van der Waals surface area contributed by atoms with E-state index in [1.54, 1.807) is 19.1 Å². The van der Waals surface area contributed by atoms with Crippen molar-refractivity contribution in [2.24, 2.45) is 0 Å². The number of hydrogen-bond donors (Lipinski definition) is 0. The summed E-state index contributed by atoms with van der Waals surface area (Å²) in [6.45, 7) is 1.17. The van der Waals surface area contributed by atoms with Crippen LogP contribution in [0, 0.1) is 0 Å². The quantitative estimate of drug-likeness (QED) is 0.650. The minimum absolute atomic E-state index is 0.191. The van der Waals surface area contributed by atoms with Gasteiger partial charge in [-0.3, -0.25) is 4.90 Å². The first-order valence-corrected chi connectivity index (χ1v) is 10.0. The van der Waals surface area contributed by atoms with Gasteiger partial charge < -0.3 is 23.7 Å². The molecule has 0 saturated carbocycles. The molecule has 7 nitrogen and oxygen atoms in total. The maximum Gasteiger partial charge on any atom is 0.410 e. The highest BCUT2D eigenvalue weighted by molar-refractivity contribution is 5.69. The predicted octanol–water partition coefficient (Wildman–Crippen LogP) is 2.98. The van der Waals surface area contributed by atoms with Gasteiger partial charge in [-0.25, -0.2) is 4.79 Å². The van der Waals surface area contributed by atoms with Gasteiger partial charge in [0.25, 0.3) is 0 Å². The number of carbonyl (C=O) groups is 1. The molecule has 0 bridgehead atoms. The SMILES string of the molecule is COC1(OC)CO[C@H]2C1N(C(=O)OCc1ccccc1)C[C@H]2OCc1ccccc1. The third-order valence-electron chi connectivity index (χ3n) is 5.76. The molecule has 2 aromatic rings. The van der Waals surface area contributed by atoms with E-state index in [1.807, 2.05) is 60.7 Å². The first kappa shape index (κ1) is 20.8. The molecule has 3 atom stereocenters. The lowest BCUT2D eigenvalue weighted by Gasteiger charge is -2.35. The summed E-state index contributed by atoms with van der Waals surface area (Å²) in [5, 5.41) is 0. The molecule has 1 unspecified atom stereocenters. The van der Waals surface area contributed by atoms with Gasteiger partial charge in [0.1, 0.15) is 31.5 Å². The number of carbonyl (C=O) groups excluding carboxylic acids is 1. The van der Waals surface area contributed by atoms with Crippen LogP contribution in [-0.2, 0) is 36.9 Å². The molecular formula is C23H27NO6. The molecule has 2 aliphatic rings. The lowest BCUT2D eigenvalue weighted by molar-refractivity contribution is -0.224. The summed E-state index contributed by atoms with van der Waals surface area (Å²) >= 11 is 0. The van der Waals surface area contributed by atoms with Gasteiger partial charge in [0.2, 0.25) is 5.79 Å². The van der Waals surface area contributed by atoms with Crippen molar-refractivity contribution in [3.63, 3.8) is 0 Å². The van der Waals surface area contributed by atoms with Crippen LogP contribution >= 0.6 is 0 Å². The molecule has 2 saturated heterocycles. The fraction of sp³-hybridized carbons (Fsp3) is 0.435. The third kappa shape index (κ3) is 4.06. The van der Waals surface area contributed by atoms with Crippen molar-refractivity contribution in [2.75, 3.05) is 27.4 Å². The molecule has 2 aromatic carbocycles. The summed E-state index contributed by atoms with van der Waals surface area (Å²) in [7, 11) is 3.11. The average molecular weight is 413 g/mol. The lowest BCUT2D eigenvalue weighted by atomic mass is 10.0. The summed E-state index contributed by atoms with van der Waals surface area (Å²) in [5.41, 5.74) is 1.98. The Morgan fingerprint density at radius 1 is 1.00 bits per heavy atom. The van der Waals surface area contributed by atoms with Crippen LogP contribution in [0.4, 0.5) is 4.79 Å². The van der Waals surface area contributed by atoms with E-state index in [0.717, 1.165) is 11.1 Å². The van der Waals surface area contributed by atoms with E-state index in [4.69, 9.17) is 23.7 Å². The van der Waals surface area contributed by atoms with Crippen molar-refractivity contribution in [1.82, 2.24) is 4.90 Å². The molecule has 2 aliphatic heterocycles. The molecule has 0 N–H and O–H groups in total. The average Bonchev–Trinajstić information content (AvgIpc) is 3.36. The standard InChI is InChI=1S/C23H27NO6/c1-26-23(27-2)16-30-20-19(28-14-17-9-5-3-6-10-17)13-24(21(20)23)22(25)29-15-18-11-7-4-8-12-18/h3-12,19-21H,13-16H2,1-2H3/t19-,20-,21?/m1/s1. The van der Waals surface area contributed by atoms with Crippen LogP contribution in [0.3, 0.4) is 0 Å². The monoisotopic (exact) mass is 413 g/mol. The number of nitrogens with zero attached hydrogens (tertiary/aromatic N) is 1. The van der Waals surface area contributed by atoms with Crippen LogP contribution in [-0.4, -0.2) is 62.4 Å². The topological polar surface area (TPSA) is 66.5 Å². The van der Waals surface area contributed by atoms with Crippen LogP contribution in [0.5, 0.6) is 0 Å². The summed E-state index contributed by atoms with van der Waals surface area (Å²) in [6.07, 6.45) is -1.12. The van der Waals surface area contributed by atoms with E-state index in [1.165, 1.54) is 0 Å². The number of amides is 1. The molecule has 0 aliphatic carbocycles. The van der Waals surface area contributed by atoms with Crippen molar-refractivity contribution in [2.45, 2.75) is 37.3 Å². The molecule has 0 radical (unpaired) electrons. The summed E-state index contributed by atoms with van der Waals surface area (Å²) in [6, 6.07) is 19.0. The van der Waals surface area contributed by atoms with Crippen LogP contribution in [0.25, 0.3) is 0 Å². The molecule has 7 heteroatoms. The predicted molar refractivity (Wildman–Crippen MR) is 109 cm³/mol. The molecule has 0 spiro atoms. The van der Waals surface area contributed by atoms with Crippen molar-refractivity contribution < 1.29 is 28.5 Å². The first-order chi connectivity index (χ1) is 14.7. The van der Waals surface area contributed by atoms with Gasteiger partial charge in [0, 0.05) is 14.2 Å². The van der Waals surface area contributed by atoms with Gasteiger partial charge in [-0.15, -0.1) is 0 Å². The van der Waals surface area contributed by atoms with E-state index in [-0.39, 0.29) is 25.4 Å². The highest BCUT2D eigenvalue weighted by Crippen LogP contribution is 2.40. The second-order valence-corrected chi connectivity index (χ2v) is 7.47. The molecule has 2 heterocycles. The number of fused-ring (bicyclic) bond motifs is 1. The van der Waals surface area contributed by atoms with E-state index in [2.05, 4.69) is 0 Å². The molecule has 4 rings (SSSR count). The van der Waals surface area contributed by atoms with Crippen molar-refractivity contribution in [3.8, 4) is 0 Å². The normalized spacial score (nSPS) is 24.6. The van der Waals surface area contributed by atoms with Gasteiger partial charge >= 0.3 is 6.09 Å². The Morgan fingerprint density at radius 2 is 1.60 bits per heavy atom. The fourth-order valence-corrected chi connectivity index (χ4v) is 4.13. The van der Waals surface area contributed by atoms with Crippen molar-refractivity contribution in [3.05, 3.63) is 71.8 Å². The Morgan fingerprint density at radius 3 is 2.20 bits per heavy atom. The number of methoxy groups -OCH3 is 2. The Labute approximate surface area is 176 Å². The minimum atomic E-state index is -1.05. The zero-order valence-electron chi connectivity index (χ0n) is 17.2. The van der Waals surface area contributed by atoms with Crippen LogP contribution < -0.4 is 0 Å². The highest BCUT2D eigenvalue weighted by atomic mass is 16.7. The van der Waals surface area contributed by atoms with Gasteiger partial charge in [0.05, 0.1) is 13.2 Å². The number of rotatable bonds is 7. The highest BCUT2D eigenvalue weighted by Gasteiger charge is 2.62. The fourth-order valence-electron chi connectivity index (χ4n) is 4.13. The maximum absolute atomic E-state index is 13.0. The Hall–Kier alpha value is -2.45. The molecule has 0 aromatic heterocycles. The zero-order chi connectivity index (χ0) is 21.0. The zero-order valence-corrected chi connectivity index (χ0v) is 17.2. The number of ether oxygens (including phenoxy) is 5. The van der Waals surface area contributed by atoms with Crippen molar-refractivity contribution >= 4 is 6.09 Å². The molecule has 1 amide bonds. The Bertz CT molecular complexity index is 826. The largest absolute Gasteiger partial charge is 0.445 e. The second-order valence-electron chi connectivity index (χ2n) is 7.47. The van der Waals surface area contributed by atoms with Crippen molar-refractivity contribution in [1.29, 1.82) is 0 Å². The van der Waals surface area contributed by atoms with E-state index in [0.29, 0.717) is 13.2 Å². The van der Waals surface area contributed by atoms with Gasteiger partial charge in [-0.2, -0.15) is 0 Å². The molecule has 30 heavy (non-hydrogen) atoms. The number of benzene rings is 2. The van der Waals surface area contributed by atoms with Gasteiger partial charge in [0.15, 0.2) is 0 Å². The van der Waals surface area contributed by atoms with E-state index >= 15 is 0 Å². The molecular weight excluding hydrogens is 386 g/mol. The Balaban J connectivity index is 1.48. The lowest BCUT2D eigenvalue weighted by Crippen LogP contribution is -2.55. The number of likely N-dealkylation sites (tertiary alicyclic amines) is 1. The summed E-state index contributed by atoms with van der Waals surface area (Å²) in [5.74, 6) is -1.05. The summed E-state index contributed by atoms with van der Waals surface area (Å²) in [4.78, 5) is 14.6. The first-order valence-electron chi connectivity index (χ1n) is 10.0. The molecule has 2 fully saturated rings. The minimum Gasteiger partial charge on any atom is -0.445 e. The molecule has 160 valence electrons. The Kier molecular flexibility index (Phi) is 6.34. The second kappa shape index (κ2) is 9.14. The smallest absolute Gasteiger partial charge is 0.410 e. The van der Waals surface area contributed by atoms with E-state index < -0.39 is 17.9 Å². The third-order valence-corrected chi connectivity index (χ3v) is 5.76. The van der Waals surface area contributed by atoms with Gasteiger partial charge in [-0.1, -0.05) is 60.7 Å². The van der Waals surface area contributed by atoms with E-state index in [9.17, 15) is 4.79 Å². The number of hydrogen-bond acceptors (Lipinski definition) is 6. The van der Waals surface area contributed by atoms with Gasteiger partial charge in [-0.05, 0) is 11.1 Å². The summed E-state index contributed by atoms with van der Waals surface area (Å²) < 4.78 is 29.0. The maximum atomic E-state index is 13.0. The van der Waals surface area contributed by atoms with Crippen LogP contribution in [0.1, 0.15) is 11.1 Å². The van der Waals surface area contributed by atoms with Crippen LogP contribution in [0.2, 0.25) is 0 Å². The van der Waals surface area contributed by atoms with Crippen LogP contribution in [0.15, 0.2) is 60.7 Å².